The molecule has 31 heavy (non-hydrogen) atoms. The first-order valence-electron chi connectivity index (χ1n) is 9.26. The number of azo groups is 1. The Hall–Kier alpha value is -4.17. The first kappa shape index (κ1) is 20.1. The second-order valence-corrected chi connectivity index (χ2v) is 7.55. The van der Waals surface area contributed by atoms with Gasteiger partial charge in [0.05, 0.1) is 5.69 Å². The first-order valence-corrected chi connectivity index (χ1v) is 10.1. The van der Waals surface area contributed by atoms with Gasteiger partial charge in [-0.1, -0.05) is 29.5 Å². The Morgan fingerprint density at radius 1 is 1.10 bits per heavy atom. The van der Waals surface area contributed by atoms with Crippen molar-refractivity contribution in [2.45, 2.75) is 6.92 Å². The Morgan fingerprint density at radius 2 is 1.84 bits per heavy atom. The molecule has 1 aromatic carbocycles. The summed E-state index contributed by atoms with van der Waals surface area (Å²) < 4.78 is 1.41. The van der Waals surface area contributed by atoms with Gasteiger partial charge in [0.15, 0.2) is 21.8 Å². The fourth-order valence-corrected chi connectivity index (χ4v) is 3.44. The topological polar surface area (TPSA) is 120 Å². The summed E-state index contributed by atoms with van der Waals surface area (Å²) in [7, 11) is 3.82. The minimum atomic E-state index is 0.261. The predicted octanol–water partition coefficient (Wildman–Crippen LogP) is 4.52. The molecule has 11 heteroatoms. The van der Waals surface area contributed by atoms with Crippen LogP contribution in [0.15, 0.2) is 59.0 Å². The average Bonchev–Trinajstić information content (AvgIpc) is 3.33. The van der Waals surface area contributed by atoms with E-state index in [0.717, 1.165) is 10.8 Å². The van der Waals surface area contributed by atoms with E-state index in [-0.39, 0.29) is 5.82 Å². The molecule has 0 amide bonds. The fraction of sp³-hybridized carbons (Fsp3) is 0.150. The number of nitrogens with one attached hydrogen (secondary N) is 1. The second kappa shape index (κ2) is 8.68. The van der Waals surface area contributed by atoms with Gasteiger partial charge in [0.2, 0.25) is 0 Å². The van der Waals surface area contributed by atoms with Crippen molar-refractivity contribution in [3.05, 3.63) is 60.0 Å². The Morgan fingerprint density at radius 3 is 2.52 bits per heavy atom. The number of nitrogens with zero attached hydrogens (tertiary/aromatic N) is 9. The molecule has 0 atom stereocenters. The summed E-state index contributed by atoms with van der Waals surface area (Å²) in [5.74, 6) is 1.14. The molecule has 0 spiro atoms. The maximum Gasteiger partial charge on any atom is 0.252 e. The summed E-state index contributed by atoms with van der Waals surface area (Å²) in [5, 5.41) is 27.3. The van der Waals surface area contributed by atoms with Crippen LogP contribution in [0.3, 0.4) is 0 Å². The number of aryl methyl sites for hydroxylation is 1. The number of thiazole rings is 1. The number of para-hydroxylation sites is 1. The Kier molecular flexibility index (Phi) is 5.63. The van der Waals surface area contributed by atoms with Crippen LogP contribution >= 0.6 is 11.3 Å². The van der Waals surface area contributed by atoms with Gasteiger partial charge in [-0.2, -0.15) is 15.0 Å². The van der Waals surface area contributed by atoms with E-state index in [0.29, 0.717) is 28.0 Å². The molecule has 1 N–H and O–H groups in total. The summed E-state index contributed by atoms with van der Waals surface area (Å²) in [5.41, 5.74) is 1.71. The molecule has 3 heterocycles. The quantitative estimate of drug-likeness (QED) is 0.446. The van der Waals surface area contributed by atoms with Crippen molar-refractivity contribution < 1.29 is 0 Å². The van der Waals surface area contributed by atoms with Crippen LogP contribution in [0.2, 0.25) is 0 Å². The lowest BCUT2D eigenvalue weighted by atomic mass is 10.3. The number of nitriles is 1. The molecule has 4 aromatic rings. The summed E-state index contributed by atoms with van der Waals surface area (Å²) >= 11 is 1.38. The molecule has 0 saturated heterocycles. The van der Waals surface area contributed by atoms with E-state index in [1.54, 1.807) is 25.4 Å². The number of rotatable bonds is 6. The Bertz CT molecular complexity index is 1250. The van der Waals surface area contributed by atoms with Gasteiger partial charge in [-0.25, -0.2) is 15.0 Å². The Balaban J connectivity index is 1.76. The minimum absolute atomic E-state index is 0.261. The van der Waals surface area contributed by atoms with E-state index in [2.05, 4.69) is 41.7 Å². The summed E-state index contributed by atoms with van der Waals surface area (Å²) in [6, 6.07) is 13.5. The predicted molar refractivity (Wildman–Crippen MR) is 119 cm³/mol. The van der Waals surface area contributed by atoms with Gasteiger partial charge >= 0.3 is 0 Å². The van der Waals surface area contributed by atoms with Crippen molar-refractivity contribution in [3.8, 4) is 12.0 Å². The zero-order valence-electron chi connectivity index (χ0n) is 17.1. The van der Waals surface area contributed by atoms with Crippen molar-refractivity contribution in [1.82, 2.24) is 24.7 Å². The van der Waals surface area contributed by atoms with Crippen LogP contribution in [0.5, 0.6) is 0 Å². The number of anilines is 3. The SMILES string of the molecule is Cc1nn(-c2ncccn2)c(N=Nc2sc(N(C)C)nc2Nc2ccccc2)c1C#N. The highest BCUT2D eigenvalue weighted by Gasteiger charge is 2.19. The molecule has 0 saturated carbocycles. The maximum atomic E-state index is 9.61. The van der Waals surface area contributed by atoms with E-state index in [4.69, 9.17) is 0 Å². The van der Waals surface area contributed by atoms with Crippen molar-refractivity contribution in [2.75, 3.05) is 24.3 Å². The molecular weight excluding hydrogens is 412 g/mol. The van der Waals surface area contributed by atoms with Crippen LogP contribution in [0.4, 0.5) is 27.5 Å². The van der Waals surface area contributed by atoms with Crippen LogP contribution in [-0.4, -0.2) is 38.8 Å². The zero-order chi connectivity index (χ0) is 21.8. The third kappa shape index (κ3) is 4.24. The lowest BCUT2D eigenvalue weighted by Gasteiger charge is -2.05. The molecular formula is C20H18N10S. The van der Waals surface area contributed by atoms with Gasteiger partial charge in [-0.3, -0.25) is 0 Å². The molecule has 0 radical (unpaired) electrons. The zero-order valence-corrected chi connectivity index (χ0v) is 17.9. The van der Waals surface area contributed by atoms with Gasteiger partial charge in [0.25, 0.3) is 5.95 Å². The summed E-state index contributed by atoms with van der Waals surface area (Å²) in [4.78, 5) is 14.9. The van der Waals surface area contributed by atoms with Crippen LogP contribution in [0, 0.1) is 18.3 Å². The van der Waals surface area contributed by atoms with Gasteiger partial charge in [0, 0.05) is 32.2 Å². The largest absolute Gasteiger partial charge is 0.354 e. The second-order valence-electron chi connectivity index (χ2n) is 6.59. The standard InChI is InChI=1S/C20H18N10S/c1-13-15(12-21)17(30(28-13)19-22-10-7-11-23-19)26-27-18-16(25-20(31-18)29(2)3)24-14-8-5-4-6-9-14/h4-11,24H,1-3H3. The van der Waals surface area contributed by atoms with E-state index in [1.165, 1.54) is 16.0 Å². The molecule has 10 nitrogen and oxygen atoms in total. The first-order chi connectivity index (χ1) is 15.1. The van der Waals surface area contributed by atoms with Crippen molar-refractivity contribution in [3.63, 3.8) is 0 Å². The fourth-order valence-electron chi connectivity index (χ4n) is 2.67. The molecule has 0 bridgehead atoms. The molecule has 0 unspecified atom stereocenters. The maximum absolute atomic E-state index is 9.61. The molecule has 4 rings (SSSR count). The van der Waals surface area contributed by atoms with Crippen molar-refractivity contribution in [2.24, 2.45) is 10.2 Å². The number of benzene rings is 1. The molecule has 0 aliphatic heterocycles. The minimum Gasteiger partial charge on any atom is -0.354 e. The van der Waals surface area contributed by atoms with E-state index < -0.39 is 0 Å². The number of aromatic nitrogens is 5. The van der Waals surface area contributed by atoms with E-state index >= 15 is 0 Å². The van der Waals surface area contributed by atoms with Crippen molar-refractivity contribution >= 4 is 38.8 Å². The molecule has 0 aliphatic rings. The molecule has 0 aliphatic carbocycles. The van der Waals surface area contributed by atoms with Gasteiger partial charge in [0.1, 0.15) is 11.6 Å². The lowest BCUT2D eigenvalue weighted by Crippen LogP contribution is -2.07. The molecule has 3 aromatic heterocycles. The summed E-state index contributed by atoms with van der Waals surface area (Å²) in [6.07, 6.45) is 3.20. The van der Waals surface area contributed by atoms with E-state index in [9.17, 15) is 5.26 Å². The highest BCUT2D eigenvalue weighted by molar-refractivity contribution is 7.19. The van der Waals surface area contributed by atoms with Crippen LogP contribution < -0.4 is 10.2 Å². The lowest BCUT2D eigenvalue weighted by molar-refractivity contribution is 0.793. The van der Waals surface area contributed by atoms with Crippen LogP contribution in [0.1, 0.15) is 11.3 Å². The number of hydrogen-bond donors (Lipinski definition) is 1. The summed E-state index contributed by atoms with van der Waals surface area (Å²) in [6.45, 7) is 1.73. The third-order valence-electron chi connectivity index (χ3n) is 4.14. The molecule has 154 valence electrons. The van der Waals surface area contributed by atoms with E-state index in [1.807, 2.05) is 49.3 Å². The monoisotopic (exact) mass is 430 g/mol. The highest BCUT2D eigenvalue weighted by Crippen LogP contribution is 2.39. The van der Waals surface area contributed by atoms with Crippen LogP contribution in [0.25, 0.3) is 5.95 Å². The van der Waals surface area contributed by atoms with Crippen LogP contribution in [-0.2, 0) is 0 Å². The van der Waals surface area contributed by atoms with Gasteiger partial charge in [-0.15, -0.1) is 10.2 Å². The highest BCUT2D eigenvalue weighted by atomic mass is 32.1. The van der Waals surface area contributed by atoms with Crippen molar-refractivity contribution in [1.29, 1.82) is 5.26 Å². The third-order valence-corrected chi connectivity index (χ3v) is 5.25. The van der Waals surface area contributed by atoms with Gasteiger partial charge < -0.3 is 10.2 Å². The molecule has 0 fully saturated rings. The van der Waals surface area contributed by atoms with Gasteiger partial charge in [-0.05, 0) is 25.1 Å². The Labute approximate surface area is 182 Å². The normalized spacial score (nSPS) is 10.9. The average molecular weight is 431 g/mol. The smallest absolute Gasteiger partial charge is 0.252 e. The number of hydrogen-bond acceptors (Lipinski definition) is 10.